The lowest BCUT2D eigenvalue weighted by molar-refractivity contribution is -0.148. The van der Waals surface area contributed by atoms with Gasteiger partial charge in [0.2, 0.25) is 5.82 Å². The van der Waals surface area contributed by atoms with Gasteiger partial charge in [-0.1, -0.05) is 73.5 Å². The summed E-state index contributed by atoms with van der Waals surface area (Å²) in [6.07, 6.45) is 4.38. The van der Waals surface area contributed by atoms with Gasteiger partial charge >= 0.3 is 5.97 Å². The van der Waals surface area contributed by atoms with Crippen molar-refractivity contribution in [1.82, 2.24) is 30.2 Å². The molecule has 2 aromatic heterocycles. The fourth-order valence-electron chi connectivity index (χ4n) is 4.81. The molecular weight excluding hydrogens is 516 g/mol. The van der Waals surface area contributed by atoms with E-state index in [4.69, 9.17) is 27.8 Å². The Kier molecular flexibility index (Phi) is 9.45. The monoisotopic (exact) mass is 550 g/mol. The van der Waals surface area contributed by atoms with Crippen LogP contribution in [0, 0.1) is 0 Å². The van der Waals surface area contributed by atoms with Gasteiger partial charge in [0.15, 0.2) is 10.7 Å². The molecule has 39 heavy (non-hydrogen) atoms. The minimum absolute atomic E-state index is 0.229. The number of aromatic amines is 1. The minimum Gasteiger partial charge on any atom is -0.467 e. The van der Waals surface area contributed by atoms with Crippen LogP contribution < -0.4 is 11.5 Å². The number of H-pyrrole nitrogens is 1. The van der Waals surface area contributed by atoms with Crippen LogP contribution in [0.15, 0.2) is 48.5 Å². The first-order chi connectivity index (χ1) is 18.9. The number of aromatic nitrogens is 6. The molecule has 0 saturated heterocycles. The second-order valence-corrected chi connectivity index (χ2v) is 9.90. The van der Waals surface area contributed by atoms with Crippen molar-refractivity contribution < 1.29 is 9.53 Å². The standard InChI is InChI=1S/C28H35ClN8O2/c1-3-4-11-23-32-25(29)24(28(31,27(38)39-2)16-7-8-17-30)37(23)18-19-12-14-20(15-13-19)21-9-5-6-10-22(21)26-33-35-36-34-26/h5-6,9-10,12-15H,3-4,7-8,11,16-18,30-31H2,1-2H3,(H,33,34,35,36)/t28-/m0/s1. The highest BCUT2D eigenvalue weighted by Crippen LogP contribution is 2.34. The quantitative estimate of drug-likeness (QED) is 0.165. The van der Waals surface area contributed by atoms with Gasteiger partial charge in [0.05, 0.1) is 12.8 Å². The van der Waals surface area contributed by atoms with Gasteiger partial charge in [-0.2, -0.15) is 5.21 Å². The lowest BCUT2D eigenvalue weighted by atomic mass is 9.89. The van der Waals surface area contributed by atoms with Crippen LogP contribution in [-0.4, -0.2) is 49.8 Å². The molecule has 0 aliphatic carbocycles. The molecule has 2 heterocycles. The van der Waals surface area contributed by atoms with Gasteiger partial charge in [-0.15, -0.1) is 10.2 Å². The summed E-state index contributed by atoms with van der Waals surface area (Å²) in [5.41, 5.74) is 15.4. The number of halogens is 1. The van der Waals surface area contributed by atoms with Crippen LogP contribution in [-0.2, 0) is 28.0 Å². The maximum atomic E-state index is 13.0. The number of nitrogens with one attached hydrogen (secondary N) is 1. The third kappa shape index (κ3) is 6.19. The molecule has 10 nitrogen and oxygen atoms in total. The van der Waals surface area contributed by atoms with Crippen molar-refractivity contribution in [3.05, 3.63) is 70.8 Å². The van der Waals surface area contributed by atoms with Gasteiger partial charge in [-0.25, -0.2) is 9.78 Å². The summed E-state index contributed by atoms with van der Waals surface area (Å²) in [6.45, 7) is 3.08. The van der Waals surface area contributed by atoms with E-state index in [0.29, 0.717) is 43.9 Å². The Balaban J connectivity index is 1.71. The van der Waals surface area contributed by atoms with Crippen molar-refractivity contribution in [2.24, 2.45) is 11.5 Å². The number of tetrazole rings is 1. The van der Waals surface area contributed by atoms with Crippen molar-refractivity contribution >= 4 is 17.6 Å². The van der Waals surface area contributed by atoms with E-state index in [9.17, 15) is 4.79 Å². The minimum atomic E-state index is -1.44. The number of ether oxygens (including phenoxy) is 1. The number of nitrogens with two attached hydrogens (primary N) is 2. The number of methoxy groups -OCH3 is 1. The van der Waals surface area contributed by atoms with Crippen LogP contribution in [0.3, 0.4) is 0 Å². The van der Waals surface area contributed by atoms with Gasteiger partial charge in [0.25, 0.3) is 0 Å². The summed E-state index contributed by atoms with van der Waals surface area (Å²) in [4.78, 5) is 17.7. The zero-order chi connectivity index (χ0) is 27.8. The van der Waals surface area contributed by atoms with Gasteiger partial charge in [0, 0.05) is 18.5 Å². The van der Waals surface area contributed by atoms with Crippen molar-refractivity contribution in [2.75, 3.05) is 13.7 Å². The molecule has 1 atom stereocenters. The average molecular weight is 551 g/mol. The van der Waals surface area contributed by atoms with Crippen LogP contribution in [0.5, 0.6) is 0 Å². The van der Waals surface area contributed by atoms with Crippen molar-refractivity contribution in [1.29, 1.82) is 0 Å². The van der Waals surface area contributed by atoms with Gasteiger partial charge in [-0.3, -0.25) is 0 Å². The maximum Gasteiger partial charge on any atom is 0.332 e. The largest absolute Gasteiger partial charge is 0.467 e. The van der Waals surface area contributed by atoms with E-state index in [0.717, 1.165) is 47.3 Å². The molecule has 0 aliphatic heterocycles. The molecule has 206 valence electrons. The number of aryl methyl sites for hydroxylation is 1. The van der Waals surface area contributed by atoms with E-state index in [1.807, 2.05) is 41.0 Å². The SMILES string of the molecule is CCCCc1nc(Cl)c([C@@](N)(CCCCN)C(=O)OC)n1Cc1ccc(-c2ccccc2-c2nn[nH]n2)cc1. The summed E-state index contributed by atoms with van der Waals surface area (Å²) >= 11 is 6.70. The van der Waals surface area contributed by atoms with E-state index in [1.165, 1.54) is 7.11 Å². The molecule has 0 spiro atoms. The highest BCUT2D eigenvalue weighted by atomic mass is 35.5. The Morgan fingerprint density at radius 3 is 2.49 bits per heavy atom. The second kappa shape index (κ2) is 13.0. The molecule has 0 amide bonds. The number of hydrogen-bond donors (Lipinski definition) is 3. The number of unbranched alkanes of at least 4 members (excludes halogenated alkanes) is 2. The Bertz CT molecular complexity index is 1370. The number of esters is 1. The van der Waals surface area contributed by atoms with E-state index >= 15 is 0 Å². The molecule has 11 heteroatoms. The molecule has 5 N–H and O–H groups in total. The molecule has 0 bridgehead atoms. The van der Waals surface area contributed by atoms with Gasteiger partial charge < -0.3 is 20.8 Å². The van der Waals surface area contributed by atoms with Crippen LogP contribution in [0.2, 0.25) is 5.15 Å². The van der Waals surface area contributed by atoms with Crippen LogP contribution in [0.4, 0.5) is 0 Å². The van der Waals surface area contributed by atoms with E-state index in [-0.39, 0.29) is 5.15 Å². The molecular formula is C28H35ClN8O2. The van der Waals surface area contributed by atoms with E-state index in [2.05, 4.69) is 44.7 Å². The molecule has 0 aliphatic rings. The normalized spacial score (nSPS) is 12.8. The predicted octanol–water partition coefficient (Wildman–Crippen LogP) is 4.23. The number of imidazole rings is 1. The first kappa shape index (κ1) is 28.4. The number of hydrogen-bond acceptors (Lipinski definition) is 8. The second-order valence-electron chi connectivity index (χ2n) is 9.54. The molecule has 0 radical (unpaired) electrons. The van der Waals surface area contributed by atoms with Crippen molar-refractivity contribution in [3.8, 4) is 22.5 Å². The van der Waals surface area contributed by atoms with Crippen LogP contribution in [0.25, 0.3) is 22.5 Å². The van der Waals surface area contributed by atoms with E-state index in [1.54, 1.807) is 0 Å². The Morgan fingerprint density at radius 2 is 1.85 bits per heavy atom. The number of rotatable bonds is 13. The maximum absolute atomic E-state index is 13.0. The third-order valence-electron chi connectivity index (χ3n) is 6.87. The summed E-state index contributed by atoms with van der Waals surface area (Å²) in [6, 6.07) is 16.1. The predicted molar refractivity (Wildman–Crippen MR) is 151 cm³/mol. The van der Waals surface area contributed by atoms with Gasteiger partial charge in [0.1, 0.15) is 5.82 Å². The number of carbonyl (C=O) groups excluding carboxylic acids is 1. The highest BCUT2D eigenvalue weighted by Gasteiger charge is 2.42. The summed E-state index contributed by atoms with van der Waals surface area (Å²) in [5, 5.41) is 14.7. The molecule has 0 saturated carbocycles. The average Bonchev–Trinajstić information content (AvgIpc) is 3.60. The van der Waals surface area contributed by atoms with Crippen LogP contribution >= 0.6 is 11.6 Å². The zero-order valence-electron chi connectivity index (χ0n) is 22.4. The number of carbonyl (C=O) groups is 1. The lowest BCUT2D eigenvalue weighted by Crippen LogP contribution is -2.47. The Labute approximate surface area is 233 Å². The lowest BCUT2D eigenvalue weighted by Gasteiger charge is -2.28. The Hall–Kier alpha value is -3.60. The Morgan fingerprint density at radius 1 is 1.10 bits per heavy atom. The van der Waals surface area contributed by atoms with Crippen molar-refractivity contribution in [2.45, 2.75) is 57.5 Å². The summed E-state index contributed by atoms with van der Waals surface area (Å²) in [5.74, 6) is 0.781. The fourth-order valence-corrected chi connectivity index (χ4v) is 5.18. The molecule has 0 unspecified atom stereocenters. The van der Waals surface area contributed by atoms with E-state index < -0.39 is 11.5 Å². The van der Waals surface area contributed by atoms with Crippen LogP contribution in [0.1, 0.15) is 56.1 Å². The zero-order valence-corrected chi connectivity index (χ0v) is 23.1. The first-order valence-corrected chi connectivity index (χ1v) is 13.6. The smallest absolute Gasteiger partial charge is 0.332 e. The fraction of sp³-hybridized carbons (Fsp3) is 0.393. The van der Waals surface area contributed by atoms with Crippen molar-refractivity contribution in [3.63, 3.8) is 0 Å². The molecule has 4 aromatic rings. The molecule has 4 rings (SSSR count). The number of nitrogens with zero attached hydrogens (tertiary/aromatic N) is 5. The summed E-state index contributed by atoms with van der Waals surface area (Å²) < 4.78 is 7.13. The topological polar surface area (TPSA) is 151 Å². The van der Waals surface area contributed by atoms with Gasteiger partial charge in [-0.05, 0) is 54.1 Å². The third-order valence-corrected chi connectivity index (χ3v) is 7.14. The summed E-state index contributed by atoms with van der Waals surface area (Å²) in [7, 11) is 1.34. The molecule has 0 fully saturated rings. The highest BCUT2D eigenvalue weighted by molar-refractivity contribution is 6.30. The molecule has 2 aromatic carbocycles. The number of benzene rings is 2. The first-order valence-electron chi connectivity index (χ1n) is 13.2.